The number of carbonyl (C=O) groups is 2. The van der Waals surface area contributed by atoms with E-state index >= 15 is 0 Å². The minimum Gasteiger partial charge on any atom is -0.476 e. The number of esters is 1. The Morgan fingerprint density at radius 3 is 2.25 bits per heavy atom. The van der Waals surface area contributed by atoms with Crippen molar-refractivity contribution < 1.29 is 19.4 Å². The summed E-state index contributed by atoms with van der Waals surface area (Å²) >= 11 is 0. The van der Waals surface area contributed by atoms with Crippen LogP contribution in [0.3, 0.4) is 0 Å². The van der Waals surface area contributed by atoms with Crippen LogP contribution >= 0.6 is 0 Å². The zero-order chi connectivity index (χ0) is 15.4. The van der Waals surface area contributed by atoms with Crippen molar-refractivity contribution in [1.82, 2.24) is 9.55 Å². The highest BCUT2D eigenvalue weighted by atomic mass is 16.5. The summed E-state index contributed by atoms with van der Waals surface area (Å²) in [5.41, 5.74) is -0.0886. The van der Waals surface area contributed by atoms with Crippen LogP contribution in [0, 0.1) is 0 Å². The normalized spacial score (nSPS) is 9.55. The summed E-state index contributed by atoms with van der Waals surface area (Å²) < 4.78 is 6.04. The summed E-state index contributed by atoms with van der Waals surface area (Å²) in [6, 6.07) is 0. The molecule has 1 aromatic rings. The third-order valence-electron chi connectivity index (χ3n) is 2.43. The molecule has 0 saturated heterocycles. The van der Waals surface area contributed by atoms with Gasteiger partial charge in [-0.15, -0.1) is 0 Å². The van der Waals surface area contributed by atoms with Crippen molar-refractivity contribution in [3.05, 3.63) is 18.2 Å². The maximum absolute atomic E-state index is 11.0. The van der Waals surface area contributed by atoms with Gasteiger partial charge in [0, 0.05) is 6.20 Å². The van der Waals surface area contributed by atoms with Gasteiger partial charge in [0.25, 0.3) is 0 Å². The fourth-order valence-corrected chi connectivity index (χ4v) is 1.41. The summed E-state index contributed by atoms with van der Waals surface area (Å²) in [5.74, 6) is -1.53. The Hall–Kier alpha value is -1.85. The van der Waals surface area contributed by atoms with Crippen molar-refractivity contribution in [2.45, 2.75) is 53.0 Å². The minimum atomic E-state index is -1.12. The Morgan fingerprint density at radius 2 is 1.85 bits per heavy atom. The maximum Gasteiger partial charge on any atom is 0.356 e. The number of nitrogens with zero attached hydrogens (tertiary/aromatic N) is 2. The second-order valence-corrected chi connectivity index (χ2v) is 4.25. The standard InChI is InChI=1S/C8H10N2O4.C6H14/c1-2-14-7(11)4-10-3-6(8(12)13)9-5-10;1-3-5-6-4-2/h3,5H,2,4H2,1H3,(H,12,13);3-6H2,1-2H3. The highest BCUT2D eigenvalue weighted by Gasteiger charge is 2.08. The molecule has 0 aliphatic rings. The Bertz CT molecular complexity index is 398. The van der Waals surface area contributed by atoms with Crippen LogP contribution in [0.15, 0.2) is 12.5 Å². The van der Waals surface area contributed by atoms with Crippen molar-refractivity contribution in [2.24, 2.45) is 0 Å². The molecule has 0 saturated carbocycles. The molecule has 0 aromatic carbocycles. The van der Waals surface area contributed by atoms with Gasteiger partial charge in [-0.1, -0.05) is 39.5 Å². The Labute approximate surface area is 119 Å². The van der Waals surface area contributed by atoms with Crippen LogP contribution in [0.1, 0.15) is 56.9 Å². The first-order valence-corrected chi connectivity index (χ1v) is 6.95. The smallest absolute Gasteiger partial charge is 0.356 e. The lowest BCUT2D eigenvalue weighted by molar-refractivity contribution is -0.143. The number of hydrogen-bond donors (Lipinski definition) is 1. The van der Waals surface area contributed by atoms with E-state index in [-0.39, 0.29) is 12.2 Å². The molecule has 1 rings (SSSR count). The number of carbonyl (C=O) groups excluding carboxylic acids is 1. The molecule has 0 spiro atoms. The molecule has 0 unspecified atom stereocenters. The van der Waals surface area contributed by atoms with E-state index in [0.29, 0.717) is 6.61 Å². The number of aromatic nitrogens is 2. The largest absolute Gasteiger partial charge is 0.476 e. The lowest BCUT2D eigenvalue weighted by Gasteiger charge is -2.00. The lowest BCUT2D eigenvalue weighted by Crippen LogP contribution is -2.12. The number of carboxylic acid groups (broad SMARTS) is 1. The molecule has 6 nitrogen and oxygen atoms in total. The van der Waals surface area contributed by atoms with Gasteiger partial charge < -0.3 is 14.4 Å². The van der Waals surface area contributed by atoms with E-state index < -0.39 is 11.9 Å². The van der Waals surface area contributed by atoms with Gasteiger partial charge in [-0.3, -0.25) is 4.79 Å². The highest BCUT2D eigenvalue weighted by Crippen LogP contribution is 1.97. The summed E-state index contributed by atoms with van der Waals surface area (Å²) in [4.78, 5) is 25.0. The lowest BCUT2D eigenvalue weighted by atomic mass is 10.2. The van der Waals surface area contributed by atoms with Crippen molar-refractivity contribution in [3.63, 3.8) is 0 Å². The molecule has 0 aliphatic heterocycles. The highest BCUT2D eigenvalue weighted by molar-refractivity contribution is 5.85. The fourth-order valence-electron chi connectivity index (χ4n) is 1.41. The molecule has 6 heteroatoms. The predicted molar refractivity (Wildman–Crippen MR) is 75.6 cm³/mol. The van der Waals surface area contributed by atoms with E-state index in [0.717, 1.165) is 0 Å². The Balaban J connectivity index is 0.000000511. The average Bonchev–Trinajstić information content (AvgIpc) is 2.86. The van der Waals surface area contributed by atoms with Crippen LogP contribution in [0.5, 0.6) is 0 Å². The summed E-state index contributed by atoms with van der Waals surface area (Å²) in [6.45, 7) is 6.45. The predicted octanol–water partition coefficient (Wildman–Crippen LogP) is 2.73. The van der Waals surface area contributed by atoms with Gasteiger partial charge in [-0.25, -0.2) is 9.78 Å². The number of unbranched alkanes of at least 4 members (excludes halogenated alkanes) is 3. The van der Waals surface area contributed by atoms with Crippen LogP contribution in [-0.4, -0.2) is 33.2 Å². The van der Waals surface area contributed by atoms with Crippen LogP contribution in [0.25, 0.3) is 0 Å². The molecule has 0 bridgehead atoms. The number of aromatic carboxylic acids is 1. The summed E-state index contributed by atoms with van der Waals surface area (Å²) in [5, 5.41) is 8.54. The van der Waals surface area contributed by atoms with Crippen molar-refractivity contribution in [2.75, 3.05) is 6.61 Å². The van der Waals surface area contributed by atoms with Crippen LogP contribution in [0.4, 0.5) is 0 Å². The van der Waals surface area contributed by atoms with E-state index in [9.17, 15) is 9.59 Å². The van der Waals surface area contributed by atoms with E-state index in [1.165, 1.54) is 42.8 Å². The topological polar surface area (TPSA) is 81.4 Å². The monoisotopic (exact) mass is 284 g/mol. The first-order valence-electron chi connectivity index (χ1n) is 6.95. The molecule has 0 amide bonds. The van der Waals surface area contributed by atoms with Gasteiger partial charge in [-0.05, 0) is 6.92 Å². The van der Waals surface area contributed by atoms with E-state index in [1.54, 1.807) is 6.92 Å². The molecule has 1 heterocycles. The first kappa shape index (κ1) is 18.1. The molecular weight excluding hydrogens is 260 g/mol. The molecular formula is C14H24N2O4. The quantitative estimate of drug-likeness (QED) is 0.615. The number of ether oxygens (including phenoxy) is 1. The second kappa shape index (κ2) is 11.0. The molecule has 0 fully saturated rings. The van der Waals surface area contributed by atoms with Crippen LogP contribution < -0.4 is 0 Å². The van der Waals surface area contributed by atoms with Crippen LogP contribution in [0.2, 0.25) is 0 Å². The third-order valence-corrected chi connectivity index (χ3v) is 2.43. The zero-order valence-corrected chi connectivity index (χ0v) is 12.5. The van der Waals surface area contributed by atoms with E-state index in [4.69, 9.17) is 5.11 Å². The maximum atomic E-state index is 11.0. The second-order valence-electron chi connectivity index (χ2n) is 4.25. The van der Waals surface area contributed by atoms with Crippen molar-refractivity contribution in [1.29, 1.82) is 0 Å². The number of hydrogen-bond acceptors (Lipinski definition) is 4. The van der Waals surface area contributed by atoms with Crippen molar-refractivity contribution in [3.8, 4) is 0 Å². The van der Waals surface area contributed by atoms with Crippen LogP contribution in [-0.2, 0) is 16.1 Å². The number of rotatable bonds is 7. The molecule has 1 N–H and O–H groups in total. The molecule has 0 radical (unpaired) electrons. The Morgan fingerprint density at radius 1 is 1.25 bits per heavy atom. The molecule has 114 valence electrons. The third kappa shape index (κ3) is 8.29. The molecule has 0 atom stereocenters. The summed E-state index contributed by atoms with van der Waals surface area (Å²) in [6.07, 6.45) is 8.09. The summed E-state index contributed by atoms with van der Waals surface area (Å²) in [7, 11) is 0. The van der Waals surface area contributed by atoms with Gasteiger partial charge in [0.1, 0.15) is 6.54 Å². The van der Waals surface area contributed by atoms with Gasteiger partial charge in [0.05, 0.1) is 12.9 Å². The van der Waals surface area contributed by atoms with E-state index in [1.807, 2.05) is 0 Å². The van der Waals surface area contributed by atoms with Crippen molar-refractivity contribution >= 4 is 11.9 Å². The molecule has 1 aromatic heterocycles. The van der Waals surface area contributed by atoms with Gasteiger partial charge >= 0.3 is 11.9 Å². The average molecular weight is 284 g/mol. The fraction of sp³-hybridized carbons (Fsp3) is 0.643. The molecule has 0 aliphatic carbocycles. The number of imidazole rings is 1. The van der Waals surface area contributed by atoms with Gasteiger partial charge in [0.15, 0.2) is 5.69 Å². The Kier molecular flexibility index (Phi) is 10.00. The number of carboxylic acids is 1. The van der Waals surface area contributed by atoms with Gasteiger partial charge in [-0.2, -0.15) is 0 Å². The zero-order valence-electron chi connectivity index (χ0n) is 12.5. The van der Waals surface area contributed by atoms with E-state index in [2.05, 4.69) is 23.6 Å². The molecule has 20 heavy (non-hydrogen) atoms. The van der Waals surface area contributed by atoms with Gasteiger partial charge in [0.2, 0.25) is 0 Å². The first-order chi connectivity index (χ1) is 9.54. The SMILES string of the molecule is CCCCCC.CCOC(=O)Cn1cnc(C(=O)O)c1. The minimum absolute atomic E-state index is 0.0197.